The highest BCUT2D eigenvalue weighted by Crippen LogP contribution is 2.08. The van der Waals surface area contributed by atoms with E-state index in [9.17, 15) is 4.79 Å². The molecule has 0 saturated carbocycles. The summed E-state index contributed by atoms with van der Waals surface area (Å²) >= 11 is 0. The summed E-state index contributed by atoms with van der Waals surface area (Å²) in [5.74, 6) is 0. The number of carbonyl (C=O) groups excluding carboxylic acids is 1. The normalized spacial score (nSPS) is 17.6. The van der Waals surface area contributed by atoms with Gasteiger partial charge in [0.25, 0.3) is 0 Å². The average Bonchev–Trinajstić information content (AvgIpc) is 2.03. The minimum Gasteiger partial charge on any atom is -0.453 e. The van der Waals surface area contributed by atoms with Crippen LogP contribution in [0.15, 0.2) is 11.6 Å². The van der Waals surface area contributed by atoms with E-state index in [1.807, 2.05) is 6.92 Å². The number of methoxy groups -OCH3 is 1. The van der Waals surface area contributed by atoms with Gasteiger partial charge in [0.15, 0.2) is 0 Å². The number of amides is 1. The Morgan fingerprint density at radius 1 is 1.73 bits per heavy atom. The van der Waals surface area contributed by atoms with Crippen molar-refractivity contribution in [2.45, 2.75) is 13.3 Å². The van der Waals surface area contributed by atoms with Crippen LogP contribution in [0.4, 0.5) is 4.79 Å². The first-order valence-electron chi connectivity index (χ1n) is 3.72. The molecule has 1 aliphatic rings. The third-order valence-corrected chi connectivity index (χ3v) is 1.76. The van der Waals surface area contributed by atoms with E-state index in [0.717, 1.165) is 13.0 Å². The Bertz CT molecular complexity index is 187. The largest absolute Gasteiger partial charge is 0.453 e. The Labute approximate surface area is 66.6 Å². The van der Waals surface area contributed by atoms with E-state index in [2.05, 4.69) is 10.8 Å². The first kappa shape index (κ1) is 8.11. The predicted octanol–water partition coefficient (Wildman–Crippen LogP) is 1.40. The molecule has 0 aromatic heterocycles. The van der Waals surface area contributed by atoms with Gasteiger partial charge in [0.1, 0.15) is 0 Å². The molecule has 0 spiro atoms. The molecule has 0 aromatic carbocycles. The minimum absolute atomic E-state index is 0.225. The summed E-state index contributed by atoms with van der Waals surface area (Å²) < 4.78 is 4.60. The molecule has 0 bridgehead atoms. The summed E-state index contributed by atoms with van der Waals surface area (Å²) in [6.45, 7) is 3.52. The molecule has 3 heteroatoms. The fourth-order valence-electron chi connectivity index (χ4n) is 1.20. The van der Waals surface area contributed by atoms with Crippen molar-refractivity contribution in [3.05, 3.63) is 11.6 Å². The van der Waals surface area contributed by atoms with Crippen molar-refractivity contribution in [3.63, 3.8) is 0 Å². The predicted molar refractivity (Wildman–Crippen MR) is 42.4 cm³/mol. The summed E-state index contributed by atoms with van der Waals surface area (Å²) in [5.41, 5.74) is 1.24. The van der Waals surface area contributed by atoms with Crippen molar-refractivity contribution in [3.8, 4) is 0 Å². The molecule has 0 aliphatic carbocycles. The van der Waals surface area contributed by atoms with Crippen molar-refractivity contribution in [2.75, 3.05) is 20.2 Å². The van der Waals surface area contributed by atoms with E-state index in [0.29, 0.717) is 6.54 Å². The Balaban J connectivity index is 2.50. The van der Waals surface area contributed by atoms with Crippen molar-refractivity contribution in [1.29, 1.82) is 0 Å². The van der Waals surface area contributed by atoms with Gasteiger partial charge in [-0.1, -0.05) is 11.6 Å². The maximum atomic E-state index is 11.0. The maximum Gasteiger partial charge on any atom is 0.409 e. The van der Waals surface area contributed by atoms with Crippen molar-refractivity contribution in [1.82, 2.24) is 4.90 Å². The Morgan fingerprint density at radius 3 is 3.00 bits per heavy atom. The standard InChI is InChI=1S/C8H13NO2/c1-7-4-3-5-9(6-7)8(10)11-2/h4H,3,5-6H2,1-2H3. The molecular weight excluding hydrogens is 142 g/mol. The van der Waals surface area contributed by atoms with E-state index in [1.165, 1.54) is 12.7 Å². The van der Waals surface area contributed by atoms with Crippen LogP contribution in [0.5, 0.6) is 0 Å². The first-order chi connectivity index (χ1) is 5.24. The summed E-state index contributed by atoms with van der Waals surface area (Å²) in [5, 5.41) is 0. The van der Waals surface area contributed by atoms with E-state index in [1.54, 1.807) is 4.90 Å². The highest BCUT2D eigenvalue weighted by Gasteiger charge is 2.15. The Hall–Kier alpha value is -0.990. The molecule has 3 nitrogen and oxygen atoms in total. The number of nitrogens with zero attached hydrogens (tertiary/aromatic N) is 1. The number of rotatable bonds is 0. The second kappa shape index (κ2) is 3.42. The molecule has 0 atom stereocenters. The van der Waals surface area contributed by atoms with Crippen LogP contribution in [0.2, 0.25) is 0 Å². The molecule has 62 valence electrons. The number of ether oxygens (including phenoxy) is 1. The Morgan fingerprint density at radius 2 is 2.45 bits per heavy atom. The first-order valence-corrected chi connectivity index (χ1v) is 3.72. The smallest absolute Gasteiger partial charge is 0.409 e. The molecule has 1 amide bonds. The fraction of sp³-hybridized carbons (Fsp3) is 0.625. The molecule has 1 heterocycles. The molecular formula is C8H13NO2. The highest BCUT2D eigenvalue weighted by molar-refractivity contribution is 5.68. The zero-order valence-corrected chi connectivity index (χ0v) is 6.96. The lowest BCUT2D eigenvalue weighted by Gasteiger charge is -2.24. The molecule has 0 unspecified atom stereocenters. The zero-order valence-electron chi connectivity index (χ0n) is 6.96. The molecule has 0 aromatic rings. The van der Waals surface area contributed by atoms with Crippen molar-refractivity contribution < 1.29 is 9.53 Å². The lowest BCUT2D eigenvalue weighted by atomic mass is 10.1. The molecule has 11 heavy (non-hydrogen) atoms. The van der Waals surface area contributed by atoms with E-state index in [-0.39, 0.29) is 6.09 Å². The maximum absolute atomic E-state index is 11.0. The van der Waals surface area contributed by atoms with Crippen LogP contribution in [0.3, 0.4) is 0 Å². The van der Waals surface area contributed by atoms with Crippen LogP contribution in [-0.2, 0) is 4.74 Å². The van der Waals surface area contributed by atoms with Crippen LogP contribution >= 0.6 is 0 Å². The van der Waals surface area contributed by atoms with Gasteiger partial charge < -0.3 is 9.64 Å². The molecule has 0 radical (unpaired) electrons. The van der Waals surface area contributed by atoms with Gasteiger partial charge in [0.05, 0.1) is 7.11 Å². The topological polar surface area (TPSA) is 29.5 Å². The van der Waals surface area contributed by atoms with Gasteiger partial charge in [-0.2, -0.15) is 0 Å². The third-order valence-electron chi connectivity index (χ3n) is 1.76. The van der Waals surface area contributed by atoms with Crippen LogP contribution in [0, 0.1) is 0 Å². The summed E-state index contributed by atoms with van der Waals surface area (Å²) in [6, 6.07) is 0. The zero-order chi connectivity index (χ0) is 8.27. The van der Waals surface area contributed by atoms with Gasteiger partial charge in [-0.15, -0.1) is 0 Å². The summed E-state index contributed by atoms with van der Waals surface area (Å²) in [4.78, 5) is 12.7. The van der Waals surface area contributed by atoms with Gasteiger partial charge in [0, 0.05) is 13.1 Å². The van der Waals surface area contributed by atoms with E-state index in [4.69, 9.17) is 0 Å². The number of carbonyl (C=O) groups is 1. The van der Waals surface area contributed by atoms with Crippen LogP contribution in [0.1, 0.15) is 13.3 Å². The second-order valence-corrected chi connectivity index (χ2v) is 2.73. The highest BCUT2D eigenvalue weighted by atomic mass is 16.5. The minimum atomic E-state index is -0.225. The molecule has 1 aliphatic heterocycles. The molecule has 0 N–H and O–H groups in total. The van der Waals surface area contributed by atoms with Gasteiger partial charge in [-0.05, 0) is 13.3 Å². The lowest BCUT2D eigenvalue weighted by Crippen LogP contribution is -2.35. The SMILES string of the molecule is COC(=O)N1CCC=C(C)C1. The van der Waals surface area contributed by atoms with Crippen molar-refractivity contribution in [2.24, 2.45) is 0 Å². The molecule has 0 fully saturated rings. The van der Waals surface area contributed by atoms with Gasteiger partial charge in [-0.25, -0.2) is 4.79 Å². The van der Waals surface area contributed by atoms with Gasteiger partial charge >= 0.3 is 6.09 Å². The van der Waals surface area contributed by atoms with Crippen molar-refractivity contribution >= 4 is 6.09 Å². The number of hydrogen-bond donors (Lipinski definition) is 0. The van der Waals surface area contributed by atoms with E-state index < -0.39 is 0 Å². The monoisotopic (exact) mass is 155 g/mol. The van der Waals surface area contributed by atoms with Crippen LogP contribution < -0.4 is 0 Å². The number of hydrogen-bond acceptors (Lipinski definition) is 2. The van der Waals surface area contributed by atoms with Crippen LogP contribution in [0.25, 0.3) is 0 Å². The quantitative estimate of drug-likeness (QED) is 0.495. The summed E-state index contributed by atoms with van der Waals surface area (Å²) in [7, 11) is 1.41. The van der Waals surface area contributed by atoms with Gasteiger partial charge in [-0.3, -0.25) is 0 Å². The van der Waals surface area contributed by atoms with E-state index >= 15 is 0 Å². The summed E-state index contributed by atoms with van der Waals surface area (Å²) in [6.07, 6.45) is 2.87. The average molecular weight is 155 g/mol. The lowest BCUT2D eigenvalue weighted by molar-refractivity contribution is 0.126. The molecule has 0 saturated heterocycles. The molecule has 1 rings (SSSR count). The third kappa shape index (κ3) is 1.97. The Kier molecular flexibility index (Phi) is 2.52. The van der Waals surface area contributed by atoms with Crippen LogP contribution in [-0.4, -0.2) is 31.2 Å². The second-order valence-electron chi connectivity index (χ2n) is 2.73. The fourth-order valence-corrected chi connectivity index (χ4v) is 1.20. The van der Waals surface area contributed by atoms with Gasteiger partial charge in [0.2, 0.25) is 0 Å².